The van der Waals surface area contributed by atoms with Crippen molar-refractivity contribution in [1.82, 2.24) is 4.90 Å². The first-order valence-corrected chi connectivity index (χ1v) is 9.43. The topological polar surface area (TPSA) is 45.8 Å². The van der Waals surface area contributed by atoms with Crippen molar-refractivity contribution in [3.05, 3.63) is 88.5 Å². The minimum absolute atomic E-state index is 0.166. The van der Waals surface area contributed by atoms with Gasteiger partial charge in [-0.05, 0) is 54.1 Å². The van der Waals surface area contributed by atoms with E-state index in [4.69, 9.17) is 9.15 Å². The van der Waals surface area contributed by atoms with Crippen LogP contribution in [0.5, 0.6) is 5.75 Å². The zero-order chi connectivity index (χ0) is 19.1. The van der Waals surface area contributed by atoms with E-state index in [9.17, 15) is 9.50 Å². The van der Waals surface area contributed by atoms with Crippen LogP contribution in [0.4, 0.5) is 4.39 Å². The Morgan fingerprint density at radius 2 is 1.89 bits per heavy atom. The van der Waals surface area contributed by atoms with E-state index >= 15 is 0 Å². The number of nitrogens with zero attached hydrogens (tertiary/aromatic N) is 1. The summed E-state index contributed by atoms with van der Waals surface area (Å²) in [6.45, 7) is 1.54. The summed E-state index contributed by atoms with van der Waals surface area (Å²) >= 11 is 3.38. The van der Waals surface area contributed by atoms with E-state index in [1.54, 1.807) is 12.3 Å². The van der Waals surface area contributed by atoms with E-state index in [0.29, 0.717) is 25.4 Å². The highest BCUT2D eigenvalue weighted by atomic mass is 79.9. The van der Waals surface area contributed by atoms with E-state index in [-0.39, 0.29) is 12.4 Å². The third-order valence-corrected chi connectivity index (χ3v) is 4.51. The smallest absolute Gasteiger partial charge is 0.123 e. The van der Waals surface area contributed by atoms with Crippen LogP contribution in [0, 0.1) is 5.82 Å². The van der Waals surface area contributed by atoms with Crippen LogP contribution in [0.2, 0.25) is 0 Å². The van der Waals surface area contributed by atoms with Crippen LogP contribution in [-0.2, 0) is 13.1 Å². The summed E-state index contributed by atoms with van der Waals surface area (Å²) in [4.78, 5) is 2.00. The molecule has 0 aliphatic heterocycles. The molecular weight excluding hydrogens is 413 g/mol. The van der Waals surface area contributed by atoms with Crippen molar-refractivity contribution >= 4 is 15.9 Å². The molecule has 6 heteroatoms. The lowest BCUT2D eigenvalue weighted by atomic mass is 10.2. The molecule has 1 atom stereocenters. The molecule has 0 fully saturated rings. The van der Waals surface area contributed by atoms with E-state index < -0.39 is 6.10 Å². The molecule has 27 heavy (non-hydrogen) atoms. The SMILES string of the molecule is OC(COc1ccc(Br)cc1)CN(Cc1cccc(F)c1)Cc1ccco1. The van der Waals surface area contributed by atoms with Gasteiger partial charge in [0, 0.05) is 17.6 Å². The molecule has 1 N–H and O–H groups in total. The molecule has 0 aliphatic rings. The highest BCUT2D eigenvalue weighted by Crippen LogP contribution is 2.17. The second-order valence-corrected chi connectivity index (χ2v) is 7.21. The van der Waals surface area contributed by atoms with E-state index in [1.807, 2.05) is 47.4 Å². The van der Waals surface area contributed by atoms with Gasteiger partial charge in [-0.2, -0.15) is 0 Å². The summed E-state index contributed by atoms with van der Waals surface area (Å²) in [7, 11) is 0. The molecule has 0 aliphatic carbocycles. The van der Waals surface area contributed by atoms with Crippen LogP contribution < -0.4 is 4.74 Å². The van der Waals surface area contributed by atoms with Crippen LogP contribution >= 0.6 is 15.9 Å². The Kier molecular flexibility index (Phi) is 7.04. The third-order valence-electron chi connectivity index (χ3n) is 3.98. The fourth-order valence-corrected chi connectivity index (χ4v) is 3.04. The first kappa shape index (κ1) is 19.6. The molecule has 3 aromatic rings. The number of furan rings is 1. The standard InChI is InChI=1S/C21H21BrFNO3/c22-17-6-8-20(9-7-17)27-15-19(25)13-24(14-21-5-2-10-26-21)12-16-3-1-4-18(23)11-16/h1-11,19,25H,12-15H2. The molecule has 0 spiro atoms. The molecule has 142 valence electrons. The van der Waals surface area contributed by atoms with Crippen molar-refractivity contribution in [2.24, 2.45) is 0 Å². The van der Waals surface area contributed by atoms with Gasteiger partial charge in [-0.3, -0.25) is 4.90 Å². The summed E-state index contributed by atoms with van der Waals surface area (Å²) in [5, 5.41) is 10.4. The first-order chi connectivity index (χ1) is 13.1. The summed E-state index contributed by atoms with van der Waals surface area (Å²) in [6, 6.07) is 17.6. The Morgan fingerprint density at radius 1 is 1.07 bits per heavy atom. The number of aliphatic hydroxyl groups is 1. The summed E-state index contributed by atoms with van der Waals surface area (Å²) in [5.41, 5.74) is 0.836. The molecule has 1 heterocycles. The van der Waals surface area contributed by atoms with Crippen molar-refractivity contribution in [3.63, 3.8) is 0 Å². The minimum Gasteiger partial charge on any atom is -0.491 e. The van der Waals surface area contributed by atoms with Crippen molar-refractivity contribution in [3.8, 4) is 5.75 Å². The molecule has 0 radical (unpaired) electrons. The number of rotatable bonds is 9. The average molecular weight is 434 g/mol. The molecular formula is C21H21BrFNO3. The van der Waals surface area contributed by atoms with Crippen molar-refractivity contribution in [2.75, 3.05) is 13.2 Å². The predicted molar refractivity (Wildman–Crippen MR) is 105 cm³/mol. The van der Waals surface area contributed by atoms with Gasteiger partial charge >= 0.3 is 0 Å². The maximum atomic E-state index is 13.5. The summed E-state index contributed by atoms with van der Waals surface area (Å²) < 4.78 is 25.5. The first-order valence-electron chi connectivity index (χ1n) is 8.64. The zero-order valence-corrected chi connectivity index (χ0v) is 16.3. The number of aliphatic hydroxyl groups excluding tert-OH is 1. The molecule has 0 saturated heterocycles. The van der Waals surface area contributed by atoms with Crippen LogP contribution in [0.15, 0.2) is 75.8 Å². The molecule has 3 rings (SSSR count). The Balaban J connectivity index is 1.60. The molecule has 1 unspecified atom stereocenters. The lowest BCUT2D eigenvalue weighted by molar-refractivity contribution is 0.0604. The number of benzene rings is 2. The van der Waals surface area contributed by atoms with Crippen LogP contribution in [-0.4, -0.2) is 29.3 Å². The molecule has 1 aromatic heterocycles. The maximum Gasteiger partial charge on any atom is 0.123 e. The quantitative estimate of drug-likeness (QED) is 0.534. The fourth-order valence-electron chi connectivity index (χ4n) is 2.78. The second kappa shape index (κ2) is 9.69. The van der Waals surface area contributed by atoms with Gasteiger partial charge in [-0.25, -0.2) is 4.39 Å². The lowest BCUT2D eigenvalue weighted by Crippen LogP contribution is -2.35. The Bertz CT molecular complexity index is 824. The highest BCUT2D eigenvalue weighted by Gasteiger charge is 2.15. The maximum absolute atomic E-state index is 13.5. The van der Waals surface area contributed by atoms with Gasteiger partial charge < -0.3 is 14.3 Å². The number of halogens is 2. The number of hydrogen-bond acceptors (Lipinski definition) is 4. The molecule has 4 nitrogen and oxygen atoms in total. The van der Waals surface area contributed by atoms with Crippen molar-refractivity contribution in [2.45, 2.75) is 19.2 Å². The molecule has 0 bridgehead atoms. The van der Waals surface area contributed by atoms with Crippen LogP contribution in [0.25, 0.3) is 0 Å². The monoisotopic (exact) mass is 433 g/mol. The Hall–Kier alpha value is -2.15. The molecule has 2 aromatic carbocycles. The van der Waals surface area contributed by atoms with Crippen LogP contribution in [0.1, 0.15) is 11.3 Å². The van der Waals surface area contributed by atoms with Gasteiger partial charge in [0.25, 0.3) is 0 Å². The number of ether oxygens (including phenoxy) is 1. The molecule has 0 amide bonds. The van der Waals surface area contributed by atoms with E-state index in [2.05, 4.69) is 15.9 Å². The largest absolute Gasteiger partial charge is 0.491 e. The number of hydrogen-bond donors (Lipinski definition) is 1. The van der Waals surface area contributed by atoms with E-state index in [1.165, 1.54) is 12.1 Å². The van der Waals surface area contributed by atoms with Crippen LogP contribution in [0.3, 0.4) is 0 Å². The predicted octanol–water partition coefficient (Wildman–Crippen LogP) is 4.62. The van der Waals surface area contributed by atoms with E-state index in [0.717, 1.165) is 15.8 Å². The van der Waals surface area contributed by atoms with Gasteiger partial charge in [-0.15, -0.1) is 0 Å². The highest BCUT2D eigenvalue weighted by molar-refractivity contribution is 9.10. The Labute approximate surface area is 166 Å². The lowest BCUT2D eigenvalue weighted by Gasteiger charge is -2.24. The zero-order valence-electron chi connectivity index (χ0n) is 14.7. The summed E-state index contributed by atoms with van der Waals surface area (Å²) in [5.74, 6) is 1.21. The van der Waals surface area contributed by atoms with Crippen molar-refractivity contribution in [1.29, 1.82) is 0 Å². The third kappa shape index (κ3) is 6.50. The van der Waals surface area contributed by atoms with Gasteiger partial charge in [-0.1, -0.05) is 28.1 Å². The Morgan fingerprint density at radius 3 is 2.59 bits per heavy atom. The fraction of sp³-hybridized carbons (Fsp3) is 0.238. The summed E-state index contributed by atoms with van der Waals surface area (Å²) in [6.07, 6.45) is 0.917. The van der Waals surface area contributed by atoms with Gasteiger partial charge in [0.2, 0.25) is 0 Å². The normalized spacial score (nSPS) is 12.3. The average Bonchev–Trinajstić information content (AvgIpc) is 3.14. The minimum atomic E-state index is -0.697. The van der Waals surface area contributed by atoms with Gasteiger partial charge in [0.1, 0.15) is 30.0 Å². The second-order valence-electron chi connectivity index (χ2n) is 6.30. The van der Waals surface area contributed by atoms with Crippen molar-refractivity contribution < 1.29 is 18.7 Å². The van der Waals surface area contributed by atoms with Gasteiger partial charge in [0.05, 0.1) is 12.8 Å². The van der Waals surface area contributed by atoms with Gasteiger partial charge in [0.15, 0.2) is 0 Å². The molecule has 0 saturated carbocycles.